The summed E-state index contributed by atoms with van der Waals surface area (Å²) in [6, 6.07) is 17.9. The molecule has 130 valence electrons. The topological polar surface area (TPSA) is 62.7 Å². The first kappa shape index (κ1) is 16.1. The molecule has 26 heavy (non-hydrogen) atoms. The van der Waals surface area contributed by atoms with Crippen LogP contribution < -0.4 is 5.32 Å². The van der Waals surface area contributed by atoms with Gasteiger partial charge in [-0.05, 0) is 37.6 Å². The van der Waals surface area contributed by atoms with Crippen molar-refractivity contribution in [1.82, 2.24) is 14.8 Å². The Hall–Kier alpha value is -3.34. The molecule has 0 bridgehead atoms. The summed E-state index contributed by atoms with van der Waals surface area (Å²) in [4.78, 5) is 15.8. The number of benzene rings is 2. The number of aromatic amines is 1. The lowest BCUT2D eigenvalue weighted by Crippen LogP contribution is -2.15. The van der Waals surface area contributed by atoms with E-state index in [1.54, 1.807) is 0 Å². The second-order valence-electron chi connectivity index (χ2n) is 6.38. The number of hydrogen-bond donors (Lipinski definition) is 2. The van der Waals surface area contributed by atoms with Gasteiger partial charge in [-0.2, -0.15) is 5.10 Å². The van der Waals surface area contributed by atoms with E-state index >= 15 is 0 Å². The van der Waals surface area contributed by atoms with Crippen molar-refractivity contribution in [1.29, 1.82) is 0 Å². The van der Waals surface area contributed by atoms with Crippen LogP contribution >= 0.6 is 0 Å². The van der Waals surface area contributed by atoms with Gasteiger partial charge in [-0.15, -0.1) is 0 Å². The van der Waals surface area contributed by atoms with Crippen LogP contribution in [0.2, 0.25) is 0 Å². The van der Waals surface area contributed by atoms with E-state index < -0.39 is 0 Å². The Balaban J connectivity index is 1.57. The maximum Gasteiger partial charge on any atom is 0.228 e. The zero-order valence-corrected chi connectivity index (χ0v) is 14.8. The van der Waals surface area contributed by atoms with E-state index in [9.17, 15) is 4.79 Å². The molecule has 0 radical (unpaired) electrons. The maximum absolute atomic E-state index is 12.6. The highest BCUT2D eigenvalue weighted by Gasteiger charge is 2.16. The number of aromatic nitrogens is 3. The summed E-state index contributed by atoms with van der Waals surface area (Å²) in [6.45, 7) is 3.88. The number of rotatable bonds is 4. The van der Waals surface area contributed by atoms with Gasteiger partial charge in [0, 0.05) is 17.1 Å². The molecule has 0 aliphatic rings. The number of amides is 1. The van der Waals surface area contributed by atoms with Gasteiger partial charge in [-0.1, -0.05) is 36.4 Å². The zero-order valence-electron chi connectivity index (χ0n) is 14.8. The largest absolute Gasteiger partial charge is 0.361 e. The molecule has 2 N–H and O–H groups in total. The van der Waals surface area contributed by atoms with Crippen LogP contribution in [0.4, 0.5) is 5.69 Å². The summed E-state index contributed by atoms with van der Waals surface area (Å²) in [6.07, 6.45) is 2.22. The van der Waals surface area contributed by atoms with Gasteiger partial charge in [0.1, 0.15) is 0 Å². The second kappa shape index (κ2) is 6.52. The van der Waals surface area contributed by atoms with Crippen LogP contribution in [0, 0.1) is 13.8 Å². The van der Waals surface area contributed by atoms with Crippen molar-refractivity contribution in [3.63, 3.8) is 0 Å². The molecule has 0 unspecified atom stereocenters. The van der Waals surface area contributed by atoms with Gasteiger partial charge in [-0.25, -0.2) is 4.68 Å². The van der Waals surface area contributed by atoms with Gasteiger partial charge >= 0.3 is 0 Å². The Bertz CT molecular complexity index is 1080. The fraction of sp³-hybridized carbons (Fsp3) is 0.143. The van der Waals surface area contributed by atoms with Crippen molar-refractivity contribution in [2.75, 3.05) is 5.32 Å². The van der Waals surface area contributed by atoms with E-state index in [0.29, 0.717) is 6.42 Å². The first-order chi connectivity index (χ1) is 12.6. The Morgan fingerprint density at radius 1 is 1.08 bits per heavy atom. The number of hydrogen-bond acceptors (Lipinski definition) is 2. The third-order valence-electron chi connectivity index (χ3n) is 4.58. The number of aryl methyl sites for hydroxylation is 1. The molecule has 2 aromatic carbocycles. The molecular formula is C21H20N4O. The third-order valence-corrected chi connectivity index (χ3v) is 4.58. The van der Waals surface area contributed by atoms with Crippen molar-refractivity contribution >= 4 is 22.5 Å². The highest BCUT2D eigenvalue weighted by Crippen LogP contribution is 2.24. The summed E-state index contributed by atoms with van der Waals surface area (Å²) in [5, 5.41) is 8.69. The van der Waals surface area contributed by atoms with Gasteiger partial charge in [-0.3, -0.25) is 4.79 Å². The molecule has 1 amide bonds. The number of nitrogens with one attached hydrogen (secondary N) is 2. The van der Waals surface area contributed by atoms with E-state index in [1.807, 2.05) is 79.3 Å². The van der Waals surface area contributed by atoms with Crippen molar-refractivity contribution in [2.45, 2.75) is 20.3 Å². The summed E-state index contributed by atoms with van der Waals surface area (Å²) in [7, 11) is 0. The minimum absolute atomic E-state index is 0.0476. The van der Waals surface area contributed by atoms with Gasteiger partial charge in [0.15, 0.2) is 0 Å². The molecule has 0 fully saturated rings. The average molecular weight is 344 g/mol. The lowest BCUT2D eigenvalue weighted by atomic mass is 10.1. The SMILES string of the molecule is Cc1nn(-c2ccccc2)c(C)c1NC(=O)Cc1c[nH]c2ccccc12. The van der Waals surface area contributed by atoms with Gasteiger partial charge < -0.3 is 10.3 Å². The molecule has 0 saturated heterocycles. The van der Waals surface area contributed by atoms with E-state index in [2.05, 4.69) is 15.4 Å². The zero-order chi connectivity index (χ0) is 18.1. The van der Waals surface area contributed by atoms with E-state index in [0.717, 1.165) is 39.2 Å². The smallest absolute Gasteiger partial charge is 0.228 e. The van der Waals surface area contributed by atoms with Crippen molar-refractivity contribution < 1.29 is 4.79 Å². The molecule has 0 aliphatic carbocycles. The standard InChI is InChI=1S/C21H20N4O/c1-14-21(15(2)25(24-14)17-8-4-3-5-9-17)23-20(26)12-16-13-22-19-11-7-6-10-18(16)19/h3-11,13,22H,12H2,1-2H3,(H,23,26). The number of H-pyrrole nitrogens is 1. The minimum atomic E-state index is -0.0476. The lowest BCUT2D eigenvalue weighted by molar-refractivity contribution is -0.115. The number of fused-ring (bicyclic) bond motifs is 1. The minimum Gasteiger partial charge on any atom is -0.361 e. The monoisotopic (exact) mass is 344 g/mol. The summed E-state index contributed by atoms with van der Waals surface area (Å²) < 4.78 is 1.86. The van der Waals surface area contributed by atoms with E-state index in [-0.39, 0.29) is 5.91 Å². The first-order valence-corrected chi connectivity index (χ1v) is 8.60. The van der Waals surface area contributed by atoms with Crippen LogP contribution in [0.25, 0.3) is 16.6 Å². The van der Waals surface area contributed by atoms with Crippen LogP contribution in [-0.2, 0) is 11.2 Å². The van der Waals surface area contributed by atoms with Crippen LogP contribution in [0.15, 0.2) is 60.8 Å². The molecule has 0 spiro atoms. The Labute approximate surface area is 151 Å². The summed E-state index contributed by atoms with van der Waals surface area (Å²) in [5.41, 5.74) is 5.51. The molecule has 5 heteroatoms. The van der Waals surface area contributed by atoms with Crippen LogP contribution in [0.3, 0.4) is 0 Å². The van der Waals surface area contributed by atoms with Crippen molar-refractivity contribution in [3.05, 3.63) is 77.7 Å². The van der Waals surface area contributed by atoms with Crippen LogP contribution in [0.5, 0.6) is 0 Å². The fourth-order valence-electron chi connectivity index (χ4n) is 3.28. The predicted molar refractivity (Wildman–Crippen MR) is 104 cm³/mol. The first-order valence-electron chi connectivity index (χ1n) is 8.60. The molecule has 2 aromatic heterocycles. The highest BCUT2D eigenvalue weighted by molar-refractivity contribution is 5.96. The number of carbonyl (C=O) groups excluding carboxylic acids is 1. The normalized spacial score (nSPS) is 11.0. The van der Waals surface area contributed by atoms with Crippen molar-refractivity contribution in [2.24, 2.45) is 0 Å². The predicted octanol–water partition coefficient (Wildman–Crippen LogP) is 4.15. The van der Waals surface area contributed by atoms with Gasteiger partial charge in [0.25, 0.3) is 0 Å². The number of carbonyl (C=O) groups is 1. The number of anilines is 1. The molecule has 4 rings (SSSR count). The molecular weight excluding hydrogens is 324 g/mol. The van der Waals surface area contributed by atoms with Crippen molar-refractivity contribution in [3.8, 4) is 5.69 Å². The average Bonchev–Trinajstić information content (AvgIpc) is 3.19. The van der Waals surface area contributed by atoms with E-state index in [4.69, 9.17) is 0 Å². The Morgan fingerprint density at radius 3 is 2.62 bits per heavy atom. The van der Waals surface area contributed by atoms with Gasteiger partial charge in [0.2, 0.25) is 5.91 Å². The lowest BCUT2D eigenvalue weighted by Gasteiger charge is -2.07. The summed E-state index contributed by atoms with van der Waals surface area (Å²) in [5.74, 6) is -0.0476. The third kappa shape index (κ3) is 2.88. The molecule has 5 nitrogen and oxygen atoms in total. The molecule has 2 heterocycles. The molecule has 0 saturated carbocycles. The fourth-order valence-corrected chi connectivity index (χ4v) is 3.28. The highest BCUT2D eigenvalue weighted by atomic mass is 16.1. The van der Waals surface area contributed by atoms with Crippen LogP contribution in [-0.4, -0.2) is 20.7 Å². The molecule has 0 aliphatic heterocycles. The number of para-hydroxylation sites is 2. The summed E-state index contributed by atoms with van der Waals surface area (Å²) >= 11 is 0. The molecule has 4 aromatic rings. The van der Waals surface area contributed by atoms with Gasteiger partial charge in [0.05, 0.1) is 29.2 Å². The van der Waals surface area contributed by atoms with Crippen LogP contribution in [0.1, 0.15) is 17.0 Å². The quantitative estimate of drug-likeness (QED) is 0.584. The van der Waals surface area contributed by atoms with E-state index in [1.165, 1.54) is 0 Å². The second-order valence-corrected chi connectivity index (χ2v) is 6.38. The Morgan fingerprint density at radius 2 is 1.81 bits per heavy atom. The number of nitrogens with zero attached hydrogens (tertiary/aromatic N) is 2. The maximum atomic E-state index is 12.6. The molecule has 0 atom stereocenters. The Kier molecular flexibility index (Phi) is 4.05.